The van der Waals surface area contributed by atoms with Crippen LogP contribution >= 0.6 is 0 Å². The average Bonchev–Trinajstić information content (AvgIpc) is 2.44. The molecule has 0 spiro atoms. The summed E-state index contributed by atoms with van der Waals surface area (Å²) in [5.41, 5.74) is 1.00. The predicted molar refractivity (Wildman–Crippen MR) is 64.7 cm³/mol. The number of imidazole rings is 1. The molecular weight excluding hydrogens is 210 g/mol. The van der Waals surface area contributed by atoms with Crippen LogP contribution in [0.25, 0.3) is 0 Å². The maximum Gasteiger partial charge on any atom is 0.203 e. The SMILES string of the molecule is CCn1cc(C)nc1NC(C)CS(C)=O. The van der Waals surface area contributed by atoms with Crippen molar-refractivity contribution in [3.8, 4) is 0 Å². The van der Waals surface area contributed by atoms with Crippen LogP contribution in [0.2, 0.25) is 0 Å². The molecule has 2 unspecified atom stereocenters. The number of nitrogens with one attached hydrogen (secondary N) is 1. The first-order valence-corrected chi connectivity index (χ1v) is 6.86. The number of rotatable bonds is 5. The molecule has 4 nitrogen and oxygen atoms in total. The van der Waals surface area contributed by atoms with Crippen LogP contribution in [0, 0.1) is 6.92 Å². The minimum absolute atomic E-state index is 0.183. The average molecular weight is 229 g/mol. The van der Waals surface area contributed by atoms with Crippen molar-refractivity contribution in [1.82, 2.24) is 9.55 Å². The molecule has 0 aromatic carbocycles. The molecule has 1 heterocycles. The van der Waals surface area contributed by atoms with Crippen LogP contribution in [0.1, 0.15) is 19.5 Å². The molecule has 0 aliphatic carbocycles. The Morgan fingerprint density at radius 3 is 2.87 bits per heavy atom. The summed E-state index contributed by atoms with van der Waals surface area (Å²) in [4.78, 5) is 4.38. The van der Waals surface area contributed by atoms with Crippen molar-refractivity contribution in [1.29, 1.82) is 0 Å². The number of aromatic nitrogens is 2. The van der Waals surface area contributed by atoms with E-state index in [1.807, 2.05) is 20.0 Å². The molecule has 1 N–H and O–H groups in total. The zero-order valence-electron chi connectivity index (χ0n) is 9.78. The predicted octanol–water partition coefficient (Wildman–Crippen LogP) is 1.39. The van der Waals surface area contributed by atoms with Gasteiger partial charge in [0.25, 0.3) is 0 Å². The van der Waals surface area contributed by atoms with Crippen LogP contribution in [0.4, 0.5) is 5.95 Å². The molecule has 15 heavy (non-hydrogen) atoms. The van der Waals surface area contributed by atoms with Gasteiger partial charge in [-0.15, -0.1) is 0 Å². The molecule has 0 saturated heterocycles. The van der Waals surface area contributed by atoms with Gasteiger partial charge >= 0.3 is 0 Å². The number of hydrogen-bond donors (Lipinski definition) is 1. The van der Waals surface area contributed by atoms with Crippen LogP contribution in [0.5, 0.6) is 0 Å². The lowest BCUT2D eigenvalue weighted by atomic mass is 10.4. The largest absolute Gasteiger partial charge is 0.352 e. The maximum atomic E-state index is 11.0. The normalized spacial score (nSPS) is 14.9. The number of aryl methyl sites for hydroxylation is 2. The zero-order chi connectivity index (χ0) is 11.4. The first-order chi connectivity index (χ1) is 7.02. The highest BCUT2D eigenvalue weighted by molar-refractivity contribution is 7.84. The molecule has 1 rings (SSSR count). The highest BCUT2D eigenvalue weighted by Crippen LogP contribution is 2.09. The van der Waals surface area contributed by atoms with Gasteiger partial charge in [0, 0.05) is 41.6 Å². The van der Waals surface area contributed by atoms with E-state index in [4.69, 9.17) is 0 Å². The fourth-order valence-corrected chi connectivity index (χ4v) is 2.30. The fourth-order valence-electron chi connectivity index (χ4n) is 1.52. The summed E-state index contributed by atoms with van der Waals surface area (Å²) in [7, 11) is -0.771. The van der Waals surface area contributed by atoms with Crippen LogP contribution in [0.3, 0.4) is 0 Å². The van der Waals surface area contributed by atoms with E-state index in [1.54, 1.807) is 6.26 Å². The lowest BCUT2D eigenvalue weighted by molar-refractivity contribution is 0.681. The first kappa shape index (κ1) is 12.2. The molecule has 1 aromatic heterocycles. The molecule has 0 saturated carbocycles. The Morgan fingerprint density at radius 1 is 1.67 bits per heavy atom. The van der Waals surface area contributed by atoms with Crippen molar-refractivity contribution in [2.24, 2.45) is 0 Å². The van der Waals surface area contributed by atoms with Crippen molar-refractivity contribution in [3.05, 3.63) is 11.9 Å². The number of anilines is 1. The molecule has 1 aromatic rings. The lowest BCUT2D eigenvalue weighted by Gasteiger charge is -2.13. The van der Waals surface area contributed by atoms with E-state index >= 15 is 0 Å². The molecule has 0 aliphatic heterocycles. The molecule has 86 valence electrons. The van der Waals surface area contributed by atoms with Gasteiger partial charge in [-0.05, 0) is 20.8 Å². The molecule has 0 amide bonds. The Labute approximate surface area is 93.5 Å². The third-order valence-electron chi connectivity index (χ3n) is 2.10. The van der Waals surface area contributed by atoms with Crippen LogP contribution in [-0.4, -0.2) is 31.8 Å². The second-order valence-corrected chi connectivity index (χ2v) is 5.26. The summed E-state index contributed by atoms with van der Waals surface area (Å²) in [5, 5.41) is 3.27. The van der Waals surface area contributed by atoms with Gasteiger partial charge in [0.1, 0.15) is 0 Å². The van der Waals surface area contributed by atoms with E-state index in [9.17, 15) is 4.21 Å². The van der Waals surface area contributed by atoms with Gasteiger partial charge in [-0.3, -0.25) is 4.21 Å². The third-order valence-corrected chi connectivity index (χ3v) is 3.07. The highest BCUT2D eigenvalue weighted by Gasteiger charge is 2.09. The first-order valence-electron chi connectivity index (χ1n) is 5.13. The monoisotopic (exact) mass is 229 g/mol. The van der Waals surface area contributed by atoms with E-state index in [-0.39, 0.29) is 6.04 Å². The van der Waals surface area contributed by atoms with Gasteiger partial charge in [-0.1, -0.05) is 0 Å². The quantitative estimate of drug-likeness (QED) is 0.830. The molecule has 2 atom stereocenters. The second kappa shape index (κ2) is 5.30. The fraction of sp³-hybridized carbons (Fsp3) is 0.700. The third kappa shape index (κ3) is 3.66. The molecule has 0 fully saturated rings. The number of hydrogen-bond acceptors (Lipinski definition) is 3. The van der Waals surface area contributed by atoms with Crippen molar-refractivity contribution < 1.29 is 4.21 Å². The van der Waals surface area contributed by atoms with E-state index in [0.717, 1.165) is 18.2 Å². The van der Waals surface area contributed by atoms with E-state index in [0.29, 0.717) is 5.75 Å². The van der Waals surface area contributed by atoms with Crippen molar-refractivity contribution in [3.63, 3.8) is 0 Å². The van der Waals surface area contributed by atoms with Gasteiger partial charge in [-0.25, -0.2) is 4.98 Å². The second-order valence-electron chi connectivity index (χ2n) is 3.78. The molecule has 0 aliphatic rings. The topological polar surface area (TPSA) is 46.9 Å². The van der Waals surface area contributed by atoms with Gasteiger partial charge in [-0.2, -0.15) is 0 Å². The van der Waals surface area contributed by atoms with E-state index in [2.05, 4.69) is 21.8 Å². The summed E-state index contributed by atoms with van der Waals surface area (Å²) in [5.74, 6) is 1.52. The van der Waals surface area contributed by atoms with Gasteiger partial charge in [0.2, 0.25) is 5.95 Å². The van der Waals surface area contributed by atoms with Crippen molar-refractivity contribution in [2.45, 2.75) is 33.4 Å². The minimum atomic E-state index is -0.771. The molecular formula is C10H19N3OS. The smallest absolute Gasteiger partial charge is 0.203 e. The Balaban J connectivity index is 2.66. The van der Waals surface area contributed by atoms with Crippen molar-refractivity contribution in [2.75, 3.05) is 17.3 Å². The Bertz CT molecular complexity index is 348. The molecule has 5 heteroatoms. The summed E-state index contributed by atoms with van der Waals surface area (Å²) in [6.07, 6.45) is 3.73. The lowest BCUT2D eigenvalue weighted by Crippen LogP contribution is -2.24. The van der Waals surface area contributed by atoms with E-state index in [1.165, 1.54) is 0 Å². The summed E-state index contributed by atoms with van der Waals surface area (Å²) in [6.45, 7) is 6.96. The highest BCUT2D eigenvalue weighted by atomic mass is 32.2. The van der Waals surface area contributed by atoms with Crippen molar-refractivity contribution >= 4 is 16.7 Å². The van der Waals surface area contributed by atoms with Gasteiger partial charge < -0.3 is 9.88 Å². The Hall–Kier alpha value is -0.840. The standard InChI is InChI=1S/C10H19N3OS/c1-5-13-6-8(2)11-10(13)12-9(3)7-15(4)14/h6,9H,5,7H2,1-4H3,(H,11,12). The number of nitrogens with zero attached hydrogens (tertiary/aromatic N) is 2. The van der Waals surface area contributed by atoms with E-state index < -0.39 is 10.8 Å². The van der Waals surface area contributed by atoms with Crippen LogP contribution < -0.4 is 5.32 Å². The minimum Gasteiger partial charge on any atom is -0.352 e. The van der Waals surface area contributed by atoms with Gasteiger partial charge in [0.05, 0.1) is 5.69 Å². The summed E-state index contributed by atoms with van der Waals surface area (Å²) < 4.78 is 13.1. The molecule has 0 radical (unpaired) electrons. The maximum absolute atomic E-state index is 11.0. The van der Waals surface area contributed by atoms with Crippen LogP contribution in [-0.2, 0) is 17.3 Å². The summed E-state index contributed by atoms with van der Waals surface area (Å²) >= 11 is 0. The Kier molecular flexibility index (Phi) is 4.32. The van der Waals surface area contributed by atoms with Gasteiger partial charge in [0.15, 0.2) is 0 Å². The Morgan fingerprint density at radius 2 is 2.33 bits per heavy atom. The zero-order valence-corrected chi connectivity index (χ0v) is 10.6. The summed E-state index contributed by atoms with van der Waals surface area (Å²) in [6, 6.07) is 0.183. The molecule has 0 bridgehead atoms. The van der Waals surface area contributed by atoms with Crippen LogP contribution in [0.15, 0.2) is 6.20 Å².